The third-order valence-corrected chi connectivity index (χ3v) is 5.43. The van der Waals surface area contributed by atoms with E-state index in [0.29, 0.717) is 11.3 Å². The number of anilines is 2. The molecule has 0 aliphatic heterocycles. The highest BCUT2D eigenvalue weighted by Gasteiger charge is 2.11. The molecule has 5 nitrogen and oxygen atoms in total. The van der Waals surface area contributed by atoms with E-state index in [1.165, 1.54) is 6.08 Å². The monoisotopic (exact) mass is 447 g/mol. The number of hydrogen-bond acceptors (Lipinski definition) is 3. The van der Waals surface area contributed by atoms with Crippen molar-refractivity contribution >= 4 is 29.3 Å². The second-order valence-corrected chi connectivity index (χ2v) is 7.99. The van der Waals surface area contributed by atoms with Gasteiger partial charge >= 0.3 is 0 Å². The molecule has 0 spiro atoms. The SMILES string of the molecule is Cc1cccc(C)c1NC(=O)c1cncc(-c2ccc(NC(=O)/C=C/c3ccccc3)cc2)c1. The summed E-state index contributed by atoms with van der Waals surface area (Å²) in [7, 11) is 0. The zero-order valence-corrected chi connectivity index (χ0v) is 19.1. The molecule has 0 aliphatic rings. The molecule has 1 heterocycles. The van der Waals surface area contributed by atoms with Gasteiger partial charge in [0.15, 0.2) is 0 Å². The average Bonchev–Trinajstić information content (AvgIpc) is 2.86. The first-order chi connectivity index (χ1) is 16.5. The van der Waals surface area contributed by atoms with Crippen LogP contribution in [0.25, 0.3) is 17.2 Å². The molecule has 34 heavy (non-hydrogen) atoms. The maximum atomic E-state index is 12.8. The Labute approximate surface area is 199 Å². The van der Waals surface area contributed by atoms with E-state index < -0.39 is 0 Å². The van der Waals surface area contributed by atoms with Crippen molar-refractivity contribution in [3.8, 4) is 11.1 Å². The number of aromatic nitrogens is 1. The number of carbonyl (C=O) groups excluding carboxylic acids is 2. The van der Waals surface area contributed by atoms with E-state index in [9.17, 15) is 9.59 Å². The normalized spacial score (nSPS) is 10.8. The lowest BCUT2D eigenvalue weighted by atomic mass is 10.0. The minimum absolute atomic E-state index is 0.205. The van der Waals surface area contributed by atoms with Crippen LogP contribution in [0.3, 0.4) is 0 Å². The molecule has 0 fully saturated rings. The number of pyridine rings is 1. The summed E-state index contributed by atoms with van der Waals surface area (Å²) >= 11 is 0. The van der Waals surface area contributed by atoms with Crippen molar-refractivity contribution in [1.29, 1.82) is 0 Å². The molecule has 0 atom stereocenters. The molecule has 0 saturated carbocycles. The number of benzene rings is 3. The largest absolute Gasteiger partial charge is 0.323 e. The maximum Gasteiger partial charge on any atom is 0.257 e. The molecule has 0 radical (unpaired) electrons. The van der Waals surface area contributed by atoms with Crippen molar-refractivity contribution in [3.63, 3.8) is 0 Å². The van der Waals surface area contributed by atoms with E-state index in [0.717, 1.165) is 33.5 Å². The fourth-order valence-electron chi connectivity index (χ4n) is 3.59. The molecule has 168 valence electrons. The summed E-state index contributed by atoms with van der Waals surface area (Å²) in [5.41, 5.74) is 6.67. The summed E-state index contributed by atoms with van der Waals surface area (Å²) < 4.78 is 0. The maximum absolute atomic E-state index is 12.8. The van der Waals surface area contributed by atoms with Gasteiger partial charge in [-0.05, 0) is 60.4 Å². The van der Waals surface area contributed by atoms with Gasteiger partial charge in [0.1, 0.15) is 0 Å². The molecule has 4 aromatic rings. The van der Waals surface area contributed by atoms with Crippen LogP contribution in [0.1, 0.15) is 27.0 Å². The van der Waals surface area contributed by atoms with E-state index >= 15 is 0 Å². The molecular weight excluding hydrogens is 422 g/mol. The molecule has 2 amide bonds. The Morgan fingerprint density at radius 2 is 1.47 bits per heavy atom. The van der Waals surface area contributed by atoms with Gasteiger partial charge in [-0.15, -0.1) is 0 Å². The van der Waals surface area contributed by atoms with Gasteiger partial charge in [0, 0.05) is 35.4 Å². The first-order valence-electron chi connectivity index (χ1n) is 11.0. The van der Waals surface area contributed by atoms with Crippen LogP contribution in [-0.4, -0.2) is 16.8 Å². The number of para-hydroxylation sites is 1. The lowest BCUT2D eigenvalue weighted by molar-refractivity contribution is -0.111. The quantitative estimate of drug-likeness (QED) is 0.342. The number of rotatable bonds is 6. The molecule has 5 heteroatoms. The number of hydrogen-bond donors (Lipinski definition) is 2. The lowest BCUT2D eigenvalue weighted by Crippen LogP contribution is -2.14. The van der Waals surface area contributed by atoms with E-state index in [-0.39, 0.29) is 11.8 Å². The van der Waals surface area contributed by atoms with E-state index in [1.54, 1.807) is 18.5 Å². The van der Waals surface area contributed by atoms with E-state index in [1.807, 2.05) is 92.7 Å². The van der Waals surface area contributed by atoms with Crippen LogP contribution in [0.4, 0.5) is 11.4 Å². The van der Waals surface area contributed by atoms with Gasteiger partial charge in [-0.2, -0.15) is 0 Å². The van der Waals surface area contributed by atoms with Gasteiger partial charge in [-0.25, -0.2) is 0 Å². The smallest absolute Gasteiger partial charge is 0.257 e. The fraction of sp³-hybridized carbons (Fsp3) is 0.0690. The standard InChI is InChI=1S/C29H25N3O2/c1-20-7-6-8-21(2)28(20)32-29(34)25-17-24(18-30-19-25)23-12-14-26(15-13-23)31-27(33)16-11-22-9-4-3-5-10-22/h3-19H,1-2H3,(H,31,33)(H,32,34)/b16-11+. The second-order valence-electron chi connectivity index (χ2n) is 7.99. The number of nitrogens with zero attached hydrogens (tertiary/aromatic N) is 1. The fourth-order valence-corrected chi connectivity index (χ4v) is 3.59. The number of amides is 2. The summed E-state index contributed by atoms with van der Waals surface area (Å²) in [6, 6.07) is 24.8. The number of carbonyl (C=O) groups is 2. The van der Waals surface area contributed by atoms with Gasteiger partial charge < -0.3 is 10.6 Å². The lowest BCUT2D eigenvalue weighted by Gasteiger charge is -2.12. The predicted molar refractivity (Wildman–Crippen MR) is 138 cm³/mol. The van der Waals surface area contributed by atoms with Crippen molar-refractivity contribution in [1.82, 2.24) is 4.98 Å². The third-order valence-electron chi connectivity index (χ3n) is 5.43. The Bertz CT molecular complexity index is 1320. The molecule has 0 bridgehead atoms. The first-order valence-corrected chi connectivity index (χ1v) is 11.0. The summed E-state index contributed by atoms with van der Waals surface area (Å²) in [6.45, 7) is 3.93. The van der Waals surface area contributed by atoms with Crippen molar-refractivity contribution < 1.29 is 9.59 Å². The van der Waals surface area contributed by atoms with Crippen LogP contribution in [0.5, 0.6) is 0 Å². The highest BCUT2D eigenvalue weighted by molar-refractivity contribution is 6.05. The summed E-state index contributed by atoms with van der Waals surface area (Å²) in [6.07, 6.45) is 6.54. The Morgan fingerprint density at radius 1 is 0.765 bits per heavy atom. The highest BCUT2D eigenvalue weighted by atomic mass is 16.2. The van der Waals surface area contributed by atoms with Crippen molar-refractivity contribution in [3.05, 3.63) is 120 Å². The minimum atomic E-state index is -0.208. The van der Waals surface area contributed by atoms with Gasteiger partial charge in [0.2, 0.25) is 5.91 Å². The molecular formula is C29H25N3O2. The Balaban J connectivity index is 1.44. The van der Waals surface area contributed by atoms with Crippen LogP contribution in [0.15, 0.2) is 97.3 Å². The van der Waals surface area contributed by atoms with Crippen LogP contribution < -0.4 is 10.6 Å². The molecule has 2 N–H and O–H groups in total. The highest BCUT2D eigenvalue weighted by Crippen LogP contribution is 2.24. The molecule has 0 unspecified atom stereocenters. The number of aryl methyl sites for hydroxylation is 2. The summed E-state index contributed by atoms with van der Waals surface area (Å²) in [5.74, 6) is -0.413. The Kier molecular flexibility index (Phi) is 6.94. The van der Waals surface area contributed by atoms with E-state index in [4.69, 9.17) is 0 Å². The zero-order chi connectivity index (χ0) is 23.9. The minimum Gasteiger partial charge on any atom is -0.323 e. The predicted octanol–water partition coefficient (Wildman–Crippen LogP) is 6.27. The van der Waals surface area contributed by atoms with Crippen LogP contribution in [0, 0.1) is 13.8 Å². The number of nitrogens with one attached hydrogen (secondary N) is 2. The summed E-state index contributed by atoms with van der Waals surface area (Å²) in [4.78, 5) is 29.3. The van der Waals surface area contributed by atoms with Crippen molar-refractivity contribution in [2.45, 2.75) is 13.8 Å². The van der Waals surface area contributed by atoms with Gasteiger partial charge in [0.25, 0.3) is 5.91 Å². The van der Waals surface area contributed by atoms with Gasteiger partial charge in [0.05, 0.1) is 5.56 Å². The molecule has 0 aliphatic carbocycles. The second kappa shape index (κ2) is 10.4. The van der Waals surface area contributed by atoms with Crippen LogP contribution in [0.2, 0.25) is 0 Å². The Hall–Kier alpha value is -4.51. The molecule has 3 aromatic carbocycles. The first kappa shape index (κ1) is 22.7. The van der Waals surface area contributed by atoms with Gasteiger partial charge in [-0.1, -0.05) is 60.7 Å². The van der Waals surface area contributed by atoms with Crippen LogP contribution >= 0.6 is 0 Å². The summed E-state index contributed by atoms with van der Waals surface area (Å²) in [5, 5.41) is 5.85. The van der Waals surface area contributed by atoms with Gasteiger partial charge in [-0.3, -0.25) is 14.6 Å². The molecule has 0 saturated heterocycles. The Morgan fingerprint density at radius 3 is 2.18 bits per heavy atom. The van der Waals surface area contributed by atoms with Crippen molar-refractivity contribution in [2.75, 3.05) is 10.6 Å². The zero-order valence-electron chi connectivity index (χ0n) is 19.1. The third kappa shape index (κ3) is 5.64. The van der Waals surface area contributed by atoms with Crippen molar-refractivity contribution in [2.24, 2.45) is 0 Å². The average molecular weight is 448 g/mol. The topological polar surface area (TPSA) is 71.1 Å². The molecule has 1 aromatic heterocycles. The van der Waals surface area contributed by atoms with Crippen LogP contribution in [-0.2, 0) is 4.79 Å². The van der Waals surface area contributed by atoms with E-state index in [2.05, 4.69) is 15.6 Å². The molecule has 4 rings (SSSR count).